The molecule has 0 aliphatic heterocycles. The second-order valence-electron chi connectivity index (χ2n) is 7.73. The zero-order valence-electron chi connectivity index (χ0n) is 15.3. The highest BCUT2D eigenvalue weighted by atomic mass is 16.6. The average Bonchev–Trinajstić information content (AvgIpc) is 2.49. The maximum Gasteiger partial charge on any atom is 0.408 e. The van der Waals surface area contributed by atoms with Crippen LogP contribution in [0.2, 0.25) is 0 Å². The Balaban J connectivity index is 2.61. The van der Waals surface area contributed by atoms with Crippen molar-refractivity contribution in [2.45, 2.75) is 70.9 Å². The Labute approximate surface area is 148 Å². The first-order valence-corrected chi connectivity index (χ1v) is 8.67. The van der Waals surface area contributed by atoms with E-state index in [1.807, 2.05) is 0 Å². The zero-order valence-corrected chi connectivity index (χ0v) is 15.3. The molecule has 1 aliphatic carbocycles. The van der Waals surface area contributed by atoms with Gasteiger partial charge < -0.3 is 25.6 Å². The molecule has 0 aromatic carbocycles. The molecule has 0 aromatic rings. The first-order chi connectivity index (χ1) is 11.6. The molecule has 2 amide bonds. The Bertz CT molecular complexity index is 480. The van der Waals surface area contributed by atoms with Gasteiger partial charge in [0.25, 0.3) is 0 Å². The van der Waals surface area contributed by atoms with Gasteiger partial charge in [0.1, 0.15) is 11.6 Å². The summed E-state index contributed by atoms with van der Waals surface area (Å²) in [5, 5.41) is 23.5. The van der Waals surface area contributed by atoms with Crippen molar-refractivity contribution in [2.75, 3.05) is 13.2 Å². The quantitative estimate of drug-likeness (QED) is 0.545. The van der Waals surface area contributed by atoms with Gasteiger partial charge in [0.05, 0.1) is 13.0 Å². The van der Waals surface area contributed by atoms with Crippen molar-refractivity contribution in [3.63, 3.8) is 0 Å². The zero-order chi connectivity index (χ0) is 19.1. The van der Waals surface area contributed by atoms with E-state index in [2.05, 4.69) is 10.6 Å². The Morgan fingerprint density at radius 3 is 2.24 bits per heavy atom. The first-order valence-electron chi connectivity index (χ1n) is 8.67. The monoisotopic (exact) mass is 358 g/mol. The van der Waals surface area contributed by atoms with E-state index >= 15 is 0 Å². The van der Waals surface area contributed by atoms with Crippen LogP contribution >= 0.6 is 0 Å². The molecule has 1 aliphatic rings. The van der Waals surface area contributed by atoms with Crippen LogP contribution in [0.15, 0.2) is 0 Å². The molecule has 4 N–H and O–H groups in total. The highest BCUT2D eigenvalue weighted by Crippen LogP contribution is 2.38. The molecular formula is C17H30N2O6. The van der Waals surface area contributed by atoms with Gasteiger partial charge in [-0.15, -0.1) is 0 Å². The number of alkyl carbamates (subject to hydrolysis) is 1. The van der Waals surface area contributed by atoms with Crippen LogP contribution in [0.4, 0.5) is 4.79 Å². The minimum absolute atomic E-state index is 0.00341. The average molecular weight is 358 g/mol. The number of aliphatic carboxylic acids is 1. The number of carboxylic acid groups (broad SMARTS) is 1. The molecule has 8 heteroatoms. The summed E-state index contributed by atoms with van der Waals surface area (Å²) < 4.78 is 5.07. The molecule has 8 nitrogen and oxygen atoms in total. The van der Waals surface area contributed by atoms with Gasteiger partial charge in [0.2, 0.25) is 5.91 Å². The van der Waals surface area contributed by atoms with Gasteiger partial charge in [-0.3, -0.25) is 9.59 Å². The number of nitrogens with one attached hydrogen (secondary N) is 2. The lowest BCUT2D eigenvalue weighted by molar-refractivity contribution is -0.141. The van der Waals surface area contributed by atoms with Crippen LogP contribution in [0.3, 0.4) is 0 Å². The van der Waals surface area contributed by atoms with Crippen LogP contribution in [-0.4, -0.2) is 53.0 Å². The Morgan fingerprint density at radius 2 is 1.76 bits per heavy atom. The fourth-order valence-electron chi connectivity index (χ4n) is 3.08. The maximum absolute atomic E-state index is 12.3. The van der Waals surface area contributed by atoms with Crippen molar-refractivity contribution in [1.29, 1.82) is 0 Å². The number of carbonyl (C=O) groups is 3. The predicted octanol–water partition coefficient (Wildman–Crippen LogP) is 1.41. The Hall–Kier alpha value is -1.83. The number of carboxylic acids is 1. The molecule has 0 bridgehead atoms. The molecule has 0 aromatic heterocycles. The molecule has 0 heterocycles. The lowest BCUT2D eigenvalue weighted by Gasteiger charge is -2.36. The van der Waals surface area contributed by atoms with Gasteiger partial charge in [-0.1, -0.05) is 19.3 Å². The summed E-state index contributed by atoms with van der Waals surface area (Å²) in [7, 11) is 0. The van der Waals surface area contributed by atoms with E-state index in [0.29, 0.717) is 0 Å². The van der Waals surface area contributed by atoms with E-state index in [1.54, 1.807) is 20.8 Å². The second-order valence-corrected chi connectivity index (χ2v) is 7.73. The lowest BCUT2D eigenvalue weighted by atomic mass is 9.71. The highest BCUT2D eigenvalue weighted by Gasteiger charge is 2.35. The number of hydrogen-bond donors (Lipinski definition) is 4. The number of amides is 2. The van der Waals surface area contributed by atoms with E-state index in [1.165, 1.54) is 0 Å². The van der Waals surface area contributed by atoms with E-state index in [9.17, 15) is 19.5 Å². The molecule has 1 fully saturated rings. The Morgan fingerprint density at radius 1 is 1.16 bits per heavy atom. The number of aliphatic hydroxyl groups is 1. The molecule has 25 heavy (non-hydrogen) atoms. The van der Waals surface area contributed by atoms with Crippen molar-refractivity contribution < 1.29 is 29.3 Å². The van der Waals surface area contributed by atoms with Crippen LogP contribution in [0.25, 0.3) is 0 Å². The maximum atomic E-state index is 12.3. The fraction of sp³-hybridized carbons (Fsp3) is 0.824. The molecule has 0 spiro atoms. The molecule has 1 saturated carbocycles. The van der Waals surface area contributed by atoms with Crippen LogP contribution in [0, 0.1) is 5.41 Å². The summed E-state index contributed by atoms with van der Waals surface area (Å²) >= 11 is 0. The number of carbonyl (C=O) groups excluding carboxylic acids is 2. The third kappa shape index (κ3) is 7.72. The van der Waals surface area contributed by atoms with Crippen molar-refractivity contribution in [2.24, 2.45) is 5.41 Å². The summed E-state index contributed by atoms with van der Waals surface area (Å²) in [6, 6.07) is -1.14. The van der Waals surface area contributed by atoms with Crippen LogP contribution in [-0.2, 0) is 14.3 Å². The summed E-state index contributed by atoms with van der Waals surface area (Å²) in [6.45, 7) is 4.72. The van der Waals surface area contributed by atoms with Crippen LogP contribution < -0.4 is 10.6 Å². The van der Waals surface area contributed by atoms with Gasteiger partial charge in [-0.2, -0.15) is 0 Å². The van der Waals surface area contributed by atoms with E-state index in [0.717, 1.165) is 32.1 Å². The van der Waals surface area contributed by atoms with Gasteiger partial charge >= 0.3 is 12.1 Å². The molecule has 0 radical (unpaired) electrons. The SMILES string of the molecule is CC(C)(C)OC(=O)NC(CO)C(=O)NCC1(CC(=O)O)CCCCC1. The molecule has 1 unspecified atom stereocenters. The lowest BCUT2D eigenvalue weighted by Crippen LogP contribution is -2.52. The Kier molecular flexibility index (Phi) is 7.66. The van der Waals surface area contributed by atoms with Crippen LogP contribution in [0.5, 0.6) is 0 Å². The van der Waals surface area contributed by atoms with E-state index < -0.39 is 41.6 Å². The second kappa shape index (κ2) is 9.03. The minimum Gasteiger partial charge on any atom is -0.481 e. The summed E-state index contributed by atoms with van der Waals surface area (Å²) in [5.74, 6) is -1.44. The van der Waals surface area contributed by atoms with Crippen molar-refractivity contribution in [3.8, 4) is 0 Å². The standard InChI is InChI=1S/C17H30N2O6/c1-16(2,3)25-15(24)19-12(10-20)14(23)18-11-17(9-13(21)22)7-5-4-6-8-17/h12,20H,4-11H2,1-3H3,(H,18,23)(H,19,24)(H,21,22). The molecule has 1 rings (SSSR count). The molecule has 0 saturated heterocycles. The smallest absolute Gasteiger partial charge is 0.408 e. The third-order valence-corrected chi connectivity index (χ3v) is 4.27. The number of aliphatic hydroxyl groups excluding tert-OH is 1. The largest absolute Gasteiger partial charge is 0.481 e. The van der Waals surface area contributed by atoms with Crippen molar-refractivity contribution in [3.05, 3.63) is 0 Å². The number of ether oxygens (including phenoxy) is 1. The third-order valence-electron chi connectivity index (χ3n) is 4.27. The molecule has 1 atom stereocenters. The topological polar surface area (TPSA) is 125 Å². The summed E-state index contributed by atoms with van der Waals surface area (Å²) in [4.78, 5) is 35.2. The first kappa shape index (κ1) is 21.2. The highest BCUT2D eigenvalue weighted by molar-refractivity contribution is 5.85. The van der Waals surface area contributed by atoms with Gasteiger partial charge in [-0.05, 0) is 39.0 Å². The molecule has 144 valence electrons. The predicted molar refractivity (Wildman–Crippen MR) is 91.0 cm³/mol. The molecular weight excluding hydrogens is 328 g/mol. The van der Waals surface area contributed by atoms with Crippen LogP contribution in [0.1, 0.15) is 59.3 Å². The fourth-order valence-corrected chi connectivity index (χ4v) is 3.08. The van der Waals surface area contributed by atoms with Gasteiger partial charge in [-0.25, -0.2) is 4.79 Å². The summed E-state index contributed by atoms with van der Waals surface area (Å²) in [5.41, 5.74) is -1.18. The van der Waals surface area contributed by atoms with Crippen molar-refractivity contribution in [1.82, 2.24) is 10.6 Å². The number of hydrogen-bond acceptors (Lipinski definition) is 5. The number of rotatable bonds is 7. The van der Waals surface area contributed by atoms with E-state index in [-0.39, 0.29) is 13.0 Å². The minimum atomic E-state index is -1.14. The van der Waals surface area contributed by atoms with Gasteiger partial charge in [0, 0.05) is 6.54 Å². The van der Waals surface area contributed by atoms with Gasteiger partial charge in [0.15, 0.2) is 0 Å². The van der Waals surface area contributed by atoms with E-state index in [4.69, 9.17) is 9.84 Å². The summed E-state index contributed by atoms with van der Waals surface area (Å²) in [6.07, 6.45) is 3.61. The van der Waals surface area contributed by atoms with Crippen molar-refractivity contribution >= 4 is 18.0 Å². The normalized spacial score (nSPS) is 18.1.